The second-order valence-corrected chi connectivity index (χ2v) is 12.6. The molecule has 0 radical (unpaired) electrons. The van der Waals surface area contributed by atoms with Gasteiger partial charge < -0.3 is 19.1 Å². The van der Waals surface area contributed by atoms with Crippen molar-refractivity contribution in [2.24, 2.45) is 0 Å². The second-order valence-electron chi connectivity index (χ2n) is 8.67. The van der Waals surface area contributed by atoms with Gasteiger partial charge in [-0.3, -0.25) is 14.5 Å². The molecule has 1 aromatic rings. The van der Waals surface area contributed by atoms with Crippen molar-refractivity contribution in [2.75, 3.05) is 45.8 Å². The van der Waals surface area contributed by atoms with Gasteiger partial charge in [0.15, 0.2) is 0 Å². The Morgan fingerprint density at radius 2 is 1.89 bits per heavy atom. The van der Waals surface area contributed by atoms with E-state index < -0.39 is 16.3 Å². The van der Waals surface area contributed by atoms with Crippen LogP contribution in [0.1, 0.15) is 38.7 Å². The van der Waals surface area contributed by atoms with Crippen molar-refractivity contribution in [1.29, 1.82) is 0 Å². The maximum atomic E-state index is 13.3. The largest absolute Gasteiger partial charge is 0.462 e. The van der Waals surface area contributed by atoms with Gasteiger partial charge in [0.2, 0.25) is 11.4 Å². The number of thioether (sulfide) groups is 2. The minimum Gasteiger partial charge on any atom is -0.462 e. The molecule has 11 heteroatoms. The van der Waals surface area contributed by atoms with Crippen molar-refractivity contribution in [2.45, 2.75) is 43.4 Å². The van der Waals surface area contributed by atoms with Crippen molar-refractivity contribution in [3.8, 4) is 0 Å². The lowest BCUT2D eigenvalue weighted by molar-refractivity contribution is -0.148. The number of carbonyl (C=O) groups excluding carboxylic acids is 2. The number of methoxy groups -OCH3 is 1. The van der Waals surface area contributed by atoms with E-state index in [1.807, 2.05) is 30.3 Å². The number of thiocarbonyl (C=S) groups is 2. The lowest BCUT2D eigenvalue weighted by atomic mass is 9.85. The first-order chi connectivity index (χ1) is 17.1. The molecule has 1 aromatic carbocycles. The molecule has 1 aliphatic rings. The second kappa shape index (κ2) is 15.0. The summed E-state index contributed by atoms with van der Waals surface area (Å²) in [5.41, 5.74) is -0.161. The maximum Gasteiger partial charge on any atom is 0.322 e. The molecule has 1 fully saturated rings. The van der Waals surface area contributed by atoms with Crippen LogP contribution in [0.25, 0.3) is 4.85 Å². The summed E-state index contributed by atoms with van der Waals surface area (Å²) in [4.78, 5) is 31.5. The summed E-state index contributed by atoms with van der Waals surface area (Å²) in [6, 6.07) is 9.42. The number of benzene rings is 1. The van der Waals surface area contributed by atoms with Crippen LogP contribution in [0, 0.1) is 6.57 Å². The number of nitrogens with zero attached hydrogens (tertiary/aromatic N) is 2. The summed E-state index contributed by atoms with van der Waals surface area (Å²) < 4.78 is 15.9. The van der Waals surface area contributed by atoms with Crippen LogP contribution in [0.4, 0.5) is 0 Å². The highest BCUT2D eigenvalue weighted by molar-refractivity contribution is 8.25. The Kier molecular flexibility index (Phi) is 12.8. The Labute approximate surface area is 232 Å². The zero-order chi connectivity index (χ0) is 26.6. The Morgan fingerprint density at radius 3 is 2.50 bits per heavy atom. The van der Waals surface area contributed by atoms with Crippen molar-refractivity contribution in [3.05, 3.63) is 47.3 Å². The van der Waals surface area contributed by atoms with Gasteiger partial charge in [-0.05, 0) is 12.5 Å². The fraction of sp³-hybridized carbons (Fsp3) is 0.560. The molecule has 2 atom stereocenters. The average molecular weight is 569 g/mol. The van der Waals surface area contributed by atoms with Crippen molar-refractivity contribution in [1.82, 2.24) is 4.90 Å². The van der Waals surface area contributed by atoms with Crippen molar-refractivity contribution in [3.63, 3.8) is 0 Å². The van der Waals surface area contributed by atoms with Gasteiger partial charge in [0.05, 0.1) is 30.4 Å². The minimum atomic E-state index is -1.14. The van der Waals surface area contributed by atoms with Crippen LogP contribution in [-0.4, -0.2) is 81.4 Å². The van der Waals surface area contributed by atoms with Crippen LogP contribution in [0.15, 0.2) is 30.3 Å². The van der Waals surface area contributed by atoms with Crippen LogP contribution in [-0.2, 0) is 23.8 Å². The smallest absolute Gasteiger partial charge is 0.322 e. The maximum absolute atomic E-state index is 13.3. The molecule has 1 heterocycles. The van der Waals surface area contributed by atoms with Crippen LogP contribution in [0.2, 0.25) is 0 Å². The lowest BCUT2D eigenvalue weighted by Crippen LogP contribution is -2.42. The monoisotopic (exact) mass is 568 g/mol. The molecule has 1 saturated heterocycles. The lowest BCUT2D eigenvalue weighted by Gasteiger charge is -2.31. The molecule has 2 unspecified atom stereocenters. The van der Waals surface area contributed by atoms with Crippen molar-refractivity contribution < 1.29 is 23.8 Å². The third kappa shape index (κ3) is 9.39. The highest BCUT2D eigenvalue weighted by Crippen LogP contribution is 2.40. The summed E-state index contributed by atoms with van der Waals surface area (Å²) in [7, 11) is 1.59. The number of rotatable bonds is 14. The molecule has 0 aromatic heterocycles. The average Bonchev–Trinajstić information content (AvgIpc) is 3.30. The molecular formula is C25H32N2O5S4. The van der Waals surface area contributed by atoms with Gasteiger partial charge in [-0.2, -0.15) is 0 Å². The predicted octanol–water partition coefficient (Wildman–Crippen LogP) is 4.77. The van der Waals surface area contributed by atoms with E-state index in [-0.39, 0.29) is 32.0 Å². The first kappa shape index (κ1) is 30.7. The summed E-state index contributed by atoms with van der Waals surface area (Å²) in [5.74, 6) is 0.224. The van der Waals surface area contributed by atoms with Crippen LogP contribution in [0.3, 0.4) is 0 Å². The SMILES string of the molecule is [C-]#[N+]C(C)(CCC(=O)N1CCSC1=S)CC(C)(SC(=S)c1ccccc1)C(=O)OCCOCCOC. The van der Waals surface area contributed by atoms with Gasteiger partial charge >= 0.3 is 5.97 Å². The summed E-state index contributed by atoms with van der Waals surface area (Å²) in [6.45, 7) is 13.2. The molecule has 0 saturated carbocycles. The standard InChI is InChI=1S/C25H32N2O5S4/c1-24(26-3,11-10-20(28)27-12-17-35-23(27)34)18-25(2,22(29)32-16-15-31-14-13-30-4)36-21(33)19-8-6-5-7-9-19/h5-9H,10-18H2,1-2,4H3. The normalized spacial score (nSPS) is 16.6. The molecular weight excluding hydrogens is 537 g/mol. The molecule has 0 bridgehead atoms. The molecule has 36 heavy (non-hydrogen) atoms. The Bertz CT molecular complexity index is 971. The molecule has 7 nitrogen and oxygen atoms in total. The fourth-order valence-corrected chi connectivity index (χ4v) is 6.74. The fourth-order valence-electron chi connectivity index (χ4n) is 3.62. The Hall–Kier alpha value is -1.55. The number of hydrogen-bond acceptors (Lipinski definition) is 9. The quantitative estimate of drug-likeness (QED) is 0.137. The summed E-state index contributed by atoms with van der Waals surface area (Å²) in [5, 5.41) is 0. The highest BCUT2D eigenvalue weighted by Gasteiger charge is 2.47. The molecule has 0 spiro atoms. The van der Waals surface area contributed by atoms with Gasteiger partial charge in [-0.1, -0.05) is 78.3 Å². The zero-order valence-electron chi connectivity index (χ0n) is 20.8. The van der Waals surface area contributed by atoms with E-state index in [1.54, 1.807) is 25.9 Å². The predicted molar refractivity (Wildman–Crippen MR) is 153 cm³/mol. The van der Waals surface area contributed by atoms with E-state index in [0.29, 0.717) is 34.7 Å². The van der Waals surface area contributed by atoms with Gasteiger partial charge in [-0.15, -0.1) is 0 Å². The molecule has 196 valence electrons. The van der Waals surface area contributed by atoms with Crippen LogP contribution >= 0.6 is 48.0 Å². The van der Waals surface area contributed by atoms with Crippen LogP contribution in [0.5, 0.6) is 0 Å². The van der Waals surface area contributed by atoms with Crippen LogP contribution < -0.4 is 0 Å². The molecule has 0 aliphatic carbocycles. The van der Waals surface area contributed by atoms with Gasteiger partial charge in [0.1, 0.15) is 15.7 Å². The van der Waals surface area contributed by atoms with E-state index in [4.69, 9.17) is 45.2 Å². The Balaban J connectivity index is 2.12. The van der Waals surface area contributed by atoms with E-state index in [9.17, 15) is 9.59 Å². The highest BCUT2D eigenvalue weighted by atomic mass is 32.2. The number of hydrogen-bond donors (Lipinski definition) is 0. The summed E-state index contributed by atoms with van der Waals surface area (Å²) in [6.07, 6.45) is 0.629. The van der Waals surface area contributed by atoms with E-state index in [0.717, 1.165) is 11.3 Å². The molecule has 1 aliphatic heterocycles. The van der Waals surface area contributed by atoms with Gasteiger partial charge in [-0.25, -0.2) is 6.57 Å². The molecule has 2 rings (SSSR count). The zero-order valence-corrected chi connectivity index (χ0v) is 24.1. The third-order valence-electron chi connectivity index (χ3n) is 5.58. The first-order valence-electron chi connectivity index (χ1n) is 11.5. The number of esters is 1. The minimum absolute atomic E-state index is 0.0775. The first-order valence-corrected chi connectivity index (χ1v) is 14.1. The number of amides is 1. The number of ether oxygens (including phenoxy) is 3. The van der Waals surface area contributed by atoms with Gasteiger partial charge in [0.25, 0.3) is 0 Å². The number of carbonyl (C=O) groups is 2. The summed E-state index contributed by atoms with van der Waals surface area (Å²) >= 11 is 13.6. The Morgan fingerprint density at radius 1 is 1.19 bits per heavy atom. The van der Waals surface area contributed by atoms with E-state index in [2.05, 4.69) is 4.85 Å². The molecule has 1 amide bonds. The third-order valence-corrected chi connectivity index (χ3v) is 8.68. The molecule has 0 N–H and O–H groups in total. The van der Waals surface area contributed by atoms with Crippen molar-refractivity contribution >= 4 is 68.4 Å². The van der Waals surface area contributed by atoms with E-state index >= 15 is 0 Å². The topological polar surface area (TPSA) is 69.4 Å². The van der Waals surface area contributed by atoms with Gasteiger partial charge in [0, 0.05) is 39.2 Å². The van der Waals surface area contributed by atoms with E-state index in [1.165, 1.54) is 23.5 Å².